The Morgan fingerprint density at radius 1 is 0.946 bits per heavy atom. The van der Waals surface area contributed by atoms with Crippen molar-refractivity contribution in [3.05, 3.63) is 39.7 Å². The Morgan fingerprint density at radius 2 is 1.49 bits per heavy atom. The van der Waals surface area contributed by atoms with Crippen molar-refractivity contribution in [3.63, 3.8) is 0 Å². The summed E-state index contributed by atoms with van der Waals surface area (Å²) in [6.07, 6.45) is -0.490. The Morgan fingerprint density at radius 3 is 2.00 bits per heavy atom. The summed E-state index contributed by atoms with van der Waals surface area (Å²) in [6, 6.07) is 4.63. The van der Waals surface area contributed by atoms with Crippen molar-refractivity contribution >= 4 is 60.7 Å². The van der Waals surface area contributed by atoms with E-state index in [0.717, 1.165) is 0 Å². The van der Waals surface area contributed by atoms with Crippen LogP contribution in [0.3, 0.4) is 0 Å². The number of carbonyl (C=O) groups is 1. The van der Waals surface area contributed by atoms with Crippen LogP contribution < -0.4 is 21.6 Å². The predicted molar refractivity (Wildman–Crippen MR) is 131 cm³/mol. The summed E-state index contributed by atoms with van der Waals surface area (Å²) in [4.78, 5) is 35.5. The molecule has 0 radical (unpaired) electrons. The fraction of sp³-hybridized carbons (Fsp3) is 0.316. The van der Waals surface area contributed by atoms with Gasteiger partial charge in [-0.15, -0.1) is 0 Å². The number of benzene rings is 1. The van der Waals surface area contributed by atoms with Crippen LogP contribution in [0.1, 0.15) is 11.1 Å². The van der Waals surface area contributed by atoms with Crippen LogP contribution in [-0.4, -0.2) is 76.6 Å². The summed E-state index contributed by atoms with van der Waals surface area (Å²) in [7, 11) is -8.52. The molecule has 2 heterocycles. The zero-order valence-electron chi connectivity index (χ0n) is 19.1. The van der Waals surface area contributed by atoms with Gasteiger partial charge in [0.1, 0.15) is 5.58 Å². The van der Waals surface area contributed by atoms with Gasteiger partial charge < -0.3 is 25.5 Å². The number of carboxylic acid groups (broad SMARTS) is 1. The third-order valence-corrected chi connectivity index (χ3v) is 6.23. The SMILES string of the molecule is Cc1c(CC(=O)O)c(=O)oc2cc(Nc3nc(NCCS(=O)(=O)O)nc(NCCS(=O)(=O)O)n3)ccc12. The van der Waals surface area contributed by atoms with Crippen molar-refractivity contribution in [2.24, 2.45) is 0 Å². The maximum Gasteiger partial charge on any atom is 0.340 e. The molecule has 0 amide bonds. The van der Waals surface area contributed by atoms with Gasteiger partial charge in [-0.3, -0.25) is 13.9 Å². The van der Waals surface area contributed by atoms with Gasteiger partial charge in [0.15, 0.2) is 0 Å². The van der Waals surface area contributed by atoms with Crippen molar-refractivity contribution < 1.29 is 40.3 Å². The molecule has 0 atom stereocenters. The Bertz CT molecular complexity index is 1550. The molecule has 0 saturated heterocycles. The van der Waals surface area contributed by atoms with Gasteiger partial charge in [-0.05, 0) is 24.6 Å². The molecule has 3 rings (SSSR count). The average Bonchev–Trinajstić information content (AvgIpc) is 2.74. The number of aliphatic carboxylic acids is 1. The van der Waals surface area contributed by atoms with E-state index in [-0.39, 0.29) is 42.1 Å². The van der Waals surface area contributed by atoms with E-state index < -0.39 is 49.8 Å². The molecule has 0 spiro atoms. The fourth-order valence-corrected chi connectivity index (χ4v) is 3.85. The van der Waals surface area contributed by atoms with Crippen LogP contribution in [0.5, 0.6) is 0 Å². The Balaban J connectivity index is 1.90. The number of aryl methyl sites for hydroxylation is 1. The van der Waals surface area contributed by atoms with E-state index in [0.29, 0.717) is 16.6 Å². The Labute approximate surface area is 209 Å². The largest absolute Gasteiger partial charge is 0.481 e. The lowest BCUT2D eigenvalue weighted by Gasteiger charge is -2.12. The smallest absolute Gasteiger partial charge is 0.340 e. The Hall–Kier alpha value is -3.87. The minimum absolute atomic E-state index is 0.0272. The molecular formula is C19H22N6O10S2. The molecule has 0 unspecified atom stereocenters. The predicted octanol–water partition coefficient (Wildman–Crippen LogP) is 0.257. The highest BCUT2D eigenvalue weighted by molar-refractivity contribution is 7.86. The second kappa shape index (κ2) is 11.0. The van der Waals surface area contributed by atoms with Crippen LogP contribution in [0.4, 0.5) is 23.5 Å². The lowest BCUT2D eigenvalue weighted by Crippen LogP contribution is -2.19. The van der Waals surface area contributed by atoms with Gasteiger partial charge in [-0.2, -0.15) is 31.8 Å². The molecule has 16 nitrogen and oxygen atoms in total. The van der Waals surface area contributed by atoms with Crippen molar-refractivity contribution in [2.45, 2.75) is 13.3 Å². The summed E-state index contributed by atoms with van der Waals surface area (Å²) in [6.45, 7) is 1.09. The quantitative estimate of drug-likeness (QED) is 0.129. The summed E-state index contributed by atoms with van der Waals surface area (Å²) in [5, 5.41) is 17.5. The summed E-state index contributed by atoms with van der Waals surface area (Å²) >= 11 is 0. The van der Waals surface area contributed by atoms with Crippen LogP contribution in [0, 0.1) is 6.92 Å². The highest BCUT2D eigenvalue weighted by Gasteiger charge is 2.15. The molecule has 18 heteroatoms. The molecule has 0 aliphatic rings. The number of hydrogen-bond acceptors (Lipinski definition) is 13. The number of carboxylic acids is 1. The third-order valence-electron chi connectivity index (χ3n) is 4.79. The molecule has 0 saturated carbocycles. The van der Waals surface area contributed by atoms with Gasteiger partial charge in [-0.1, -0.05) is 0 Å². The minimum Gasteiger partial charge on any atom is -0.481 e. The van der Waals surface area contributed by atoms with Gasteiger partial charge in [-0.25, -0.2) is 4.79 Å². The molecule has 0 bridgehead atoms. The normalized spacial score (nSPS) is 11.9. The van der Waals surface area contributed by atoms with Gasteiger partial charge in [0.2, 0.25) is 17.8 Å². The van der Waals surface area contributed by atoms with Crippen molar-refractivity contribution in [1.29, 1.82) is 0 Å². The third kappa shape index (κ3) is 8.34. The van der Waals surface area contributed by atoms with Crippen LogP contribution in [0.2, 0.25) is 0 Å². The highest BCUT2D eigenvalue weighted by atomic mass is 32.2. The first kappa shape index (κ1) is 27.7. The number of hydrogen-bond donors (Lipinski definition) is 6. The number of nitrogens with zero attached hydrogens (tertiary/aromatic N) is 3. The maximum absolute atomic E-state index is 12.3. The molecule has 0 fully saturated rings. The second-order valence-corrected chi connectivity index (χ2v) is 10.8. The number of nitrogens with one attached hydrogen (secondary N) is 3. The number of rotatable bonds is 12. The van der Waals surface area contributed by atoms with E-state index in [4.69, 9.17) is 18.6 Å². The molecular weight excluding hydrogens is 536 g/mol. The summed E-state index contributed by atoms with van der Waals surface area (Å²) in [5.41, 5.74) is 0.199. The van der Waals surface area contributed by atoms with Crippen LogP contribution >= 0.6 is 0 Å². The maximum atomic E-state index is 12.3. The van der Waals surface area contributed by atoms with E-state index in [1.54, 1.807) is 19.1 Å². The molecule has 3 aromatic rings. The van der Waals surface area contributed by atoms with Crippen molar-refractivity contribution in [3.8, 4) is 0 Å². The summed E-state index contributed by atoms with van der Waals surface area (Å²) in [5.74, 6) is -2.79. The molecule has 0 aliphatic carbocycles. The second-order valence-electron chi connectivity index (χ2n) is 7.63. The van der Waals surface area contributed by atoms with Crippen molar-refractivity contribution in [1.82, 2.24) is 15.0 Å². The zero-order valence-corrected chi connectivity index (χ0v) is 20.8. The first-order valence-corrected chi connectivity index (χ1v) is 13.6. The average molecular weight is 559 g/mol. The summed E-state index contributed by atoms with van der Waals surface area (Å²) < 4.78 is 66.9. The molecule has 6 N–H and O–H groups in total. The fourth-order valence-electron chi connectivity index (χ4n) is 3.13. The van der Waals surface area contributed by atoms with E-state index in [1.807, 2.05) is 0 Å². The number of fused-ring (bicyclic) bond motifs is 1. The number of anilines is 4. The van der Waals surface area contributed by atoms with Crippen molar-refractivity contribution in [2.75, 3.05) is 40.5 Å². The van der Waals surface area contributed by atoms with Crippen LogP contribution in [-0.2, 0) is 31.5 Å². The van der Waals surface area contributed by atoms with Gasteiger partial charge in [0.05, 0.1) is 23.5 Å². The molecule has 37 heavy (non-hydrogen) atoms. The van der Waals surface area contributed by atoms with Crippen LogP contribution in [0.15, 0.2) is 27.4 Å². The van der Waals surface area contributed by atoms with Gasteiger partial charge >= 0.3 is 11.6 Å². The topological polar surface area (TPSA) is 251 Å². The highest BCUT2D eigenvalue weighted by Crippen LogP contribution is 2.25. The van der Waals surface area contributed by atoms with E-state index in [2.05, 4.69) is 30.9 Å². The lowest BCUT2D eigenvalue weighted by atomic mass is 10.0. The molecule has 200 valence electrons. The van der Waals surface area contributed by atoms with E-state index >= 15 is 0 Å². The standard InChI is InChI=1S/C19H22N6O10S2/c1-10-12-3-2-11(8-14(12)35-16(28)13(10)9-15(26)27)22-19-24-17(20-4-6-36(29,30)31)23-18(25-19)21-5-7-37(32,33)34/h2-3,8H,4-7,9H2,1H3,(H,26,27)(H,29,30,31)(H,32,33,34)(H3,20,21,22,23,24,25). The Kier molecular flexibility index (Phi) is 8.26. The minimum atomic E-state index is -4.26. The zero-order chi connectivity index (χ0) is 27.4. The molecule has 1 aromatic carbocycles. The van der Waals surface area contributed by atoms with Crippen LogP contribution in [0.25, 0.3) is 11.0 Å². The van der Waals surface area contributed by atoms with E-state index in [9.17, 15) is 26.4 Å². The molecule has 0 aliphatic heterocycles. The van der Waals surface area contributed by atoms with Gasteiger partial charge in [0, 0.05) is 30.2 Å². The monoisotopic (exact) mass is 558 g/mol. The number of aromatic nitrogens is 3. The first-order chi connectivity index (χ1) is 17.2. The lowest BCUT2D eigenvalue weighted by molar-refractivity contribution is -0.136. The first-order valence-electron chi connectivity index (χ1n) is 10.4. The molecule has 2 aromatic heterocycles. The van der Waals surface area contributed by atoms with Gasteiger partial charge in [0.25, 0.3) is 20.2 Å². The van der Waals surface area contributed by atoms with E-state index in [1.165, 1.54) is 6.07 Å².